The lowest BCUT2D eigenvalue weighted by Crippen LogP contribution is -2.49. The first-order chi connectivity index (χ1) is 14.2. The van der Waals surface area contributed by atoms with Crippen LogP contribution in [0.3, 0.4) is 0 Å². The van der Waals surface area contributed by atoms with E-state index in [1.165, 1.54) is 17.3 Å². The lowest BCUT2D eigenvalue weighted by Gasteiger charge is -2.35. The van der Waals surface area contributed by atoms with E-state index in [-0.39, 0.29) is 5.91 Å². The highest BCUT2D eigenvalue weighted by Gasteiger charge is 2.22. The molecule has 0 atom stereocenters. The van der Waals surface area contributed by atoms with Gasteiger partial charge in [-0.2, -0.15) is 0 Å². The molecule has 9 heteroatoms. The van der Waals surface area contributed by atoms with Crippen molar-refractivity contribution in [1.29, 1.82) is 0 Å². The van der Waals surface area contributed by atoms with E-state index in [0.717, 1.165) is 29.9 Å². The van der Waals surface area contributed by atoms with Crippen LogP contribution in [0.15, 0.2) is 54.1 Å². The Balaban J connectivity index is 1.31. The molecule has 3 aromatic rings. The zero-order valence-corrected chi connectivity index (χ0v) is 17.1. The maximum atomic E-state index is 12.7. The lowest BCUT2D eigenvalue weighted by atomic mass is 10.2. The molecule has 1 fully saturated rings. The number of amides is 1. The van der Waals surface area contributed by atoms with Gasteiger partial charge < -0.3 is 14.4 Å². The third-order valence-corrected chi connectivity index (χ3v) is 5.87. The Morgan fingerprint density at radius 1 is 1.07 bits per heavy atom. The highest BCUT2D eigenvalue weighted by atomic mass is 32.2. The van der Waals surface area contributed by atoms with Crippen LogP contribution < -0.4 is 4.90 Å². The molecule has 29 heavy (non-hydrogen) atoms. The number of anilines is 1. The molecule has 0 spiro atoms. The number of piperazine rings is 1. The maximum absolute atomic E-state index is 12.7. The first kappa shape index (κ1) is 19.4. The molecule has 1 amide bonds. The summed E-state index contributed by atoms with van der Waals surface area (Å²) in [5.74, 6) is 2.19. The topological polar surface area (TPSA) is 80.0 Å². The van der Waals surface area contributed by atoms with Crippen molar-refractivity contribution < 1.29 is 4.79 Å². The molecule has 1 aliphatic rings. The van der Waals surface area contributed by atoms with Gasteiger partial charge >= 0.3 is 0 Å². The van der Waals surface area contributed by atoms with Gasteiger partial charge in [-0.15, -0.1) is 10.2 Å². The van der Waals surface area contributed by atoms with E-state index in [4.69, 9.17) is 0 Å². The summed E-state index contributed by atoms with van der Waals surface area (Å²) in [4.78, 5) is 25.2. The summed E-state index contributed by atoms with van der Waals surface area (Å²) in [6.07, 6.45) is 5.12. The van der Waals surface area contributed by atoms with Crippen LogP contribution >= 0.6 is 11.8 Å². The van der Waals surface area contributed by atoms with Crippen LogP contribution in [0, 0.1) is 6.92 Å². The predicted octanol–water partition coefficient (Wildman–Crippen LogP) is 1.87. The number of carbonyl (C=O) groups is 1. The molecule has 0 N–H and O–H groups in total. The molecule has 150 valence electrons. The van der Waals surface area contributed by atoms with Gasteiger partial charge in [0.2, 0.25) is 5.91 Å². The summed E-state index contributed by atoms with van der Waals surface area (Å²) in [5.41, 5.74) is 1.18. The van der Waals surface area contributed by atoms with Crippen molar-refractivity contribution in [3.05, 3.63) is 60.3 Å². The minimum absolute atomic E-state index is 0.126. The Morgan fingerprint density at radius 3 is 2.59 bits per heavy atom. The molecule has 0 bridgehead atoms. The Bertz CT molecular complexity index is 940. The summed E-state index contributed by atoms with van der Waals surface area (Å²) in [6.45, 7) is 5.54. The van der Waals surface area contributed by atoms with Gasteiger partial charge in [0.05, 0.1) is 18.5 Å². The molecule has 0 saturated carbocycles. The number of aromatic nitrogens is 5. The van der Waals surface area contributed by atoms with Gasteiger partial charge in [0.15, 0.2) is 5.16 Å². The first-order valence-corrected chi connectivity index (χ1v) is 10.5. The predicted molar refractivity (Wildman–Crippen MR) is 112 cm³/mol. The van der Waals surface area contributed by atoms with Crippen molar-refractivity contribution in [3.63, 3.8) is 0 Å². The molecule has 0 aliphatic carbocycles. The Labute approximate surface area is 174 Å². The summed E-state index contributed by atoms with van der Waals surface area (Å²) < 4.78 is 2.05. The van der Waals surface area contributed by atoms with E-state index in [0.29, 0.717) is 25.4 Å². The normalized spacial score (nSPS) is 14.2. The van der Waals surface area contributed by atoms with Crippen LogP contribution in [0.1, 0.15) is 11.4 Å². The first-order valence-electron chi connectivity index (χ1n) is 9.56. The molecule has 4 rings (SSSR count). The molecular weight excluding hydrogens is 386 g/mol. The minimum Gasteiger partial charge on any atom is -0.352 e. The maximum Gasteiger partial charge on any atom is 0.233 e. The highest BCUT2D eigenvalue weighted by molar-refractivity contribution is 7.99. The van der Waals surface area contributed by atoms with Gasteiger partial charge in [-0.3, -0.25) is 9.78 Å². The van der Waals surface area contributed by atoms with E-state index >= 15 is 0 Å². The fourth-order valence-electron chi connectivity index (χ4n) is 3.27. The number of aryl methyl sites for hydroxylation is 1. The Hall–Kier alpha value is -2.94. The van der Waals surface area contributed by atoms with E-state index < -0.39 is 0 Å². The Morgan fingerprint density at radius 2 is 1.86 bits per heavy atom. The van der Waals surface area contributed by atoms with Crippen molar-refractivity contribution in [1.82, 2.24) is 29.6 Å². The fourth-order valence-corrected chi connectivity index (χ4v) is 4.16. The number of hydrogen-bond donors (Lipinski definition) is 0. The van der Waals surface area contributed by atoms with Gasteiger partial charge in [0.1, 0.15) is 11.6 Å². The van der Waals surface area contributed by atoms with Crippen molar-refractivity contribution in [3.8, 4) is 0 Å². The largest absolute Gasteiger partial charge is 0.352 e. The number of rotatable bonds is 6. The standard InChI is InChI=1S/C20H23N7OS/c1-16-23-24-20(27(16)14-17-5-3-2-4-6-17)29-15-19(28)26-11-9-25(10-12-26)18-13-21-7-8-22-18/h2-8,13H,9-12,14-15H2,1H3. The van der Waals surface area contributed by atoms with E-state index in [9.17, 15) is 4.79 Å². The second-order valence-electron chi connectivity index (χ2n) is 6.82. The smallest absolute Gasteiger partial charge is 0.233 e. The zero-order chi connectivity index (χ0) is 20.1. The number of hydrogen-bond acceptors (Lipinski definition) is 7. The quantitative estimate of drug-likeness (QED) is 0.575. The van der Waals surface area contributed by atoms with E-state index in [1.54, 1.807) is 18.6 Å². The molecule has 2 aromatic heterocycles. The van der Waals surface area contributed by atoms with Gasteiger partial charge in [-0.1, -0.05) is 42.1 Å². The molecule has 0 radical (unpaired) electrons. The molecule has 1 saturated heterocycles. The van der Waals surface area contributed by atoms with Crippen LogP contribution in [0.5, 0.6) is 0 Å². The van der Waals surface area contributed by atoms with Crippen molar-refractivity contribution in [2.24, 2.45) is 0 Å². The highest BCUT2D eigenvalue weighted by Crippen LogP contribution is 2.20. The molecular formula is C20H23N7OS. The SMILES string of the molecule is Cc1nnc(SCC(=O)N2CCN(c3cnccn3)CC2)n1Cc1ccccc1. The number of nitrogens with zero attached hydrogens (tertiary/aromatic N) is 7. The summed E-state index contributed by atoms with van der Waals surface area (Å²) >= 11 is 1.45. The second-order valence-corrected chi connectivity index (χ2v) is 7.76. The van der Waals surface area contributed by atoms with Crippen molar-refractivity contribution >= 4 is 23.5 Å². The molecule has 1 aliphatic heterocycles. The number of benzene rings is 1. The fraction of sp³-hybridized carbons (Fsp3) is 0.350. The summed E-state index contributed by atoms with van der Waals surface area (Å²) in [6, 6.07) is 10.2. The number of carbonyl (C=O) groups excluding carboxylic acids is 1. The van der Waals surface area contributed by atoms with Gasteiger partial charge in [0.25, 0.3) is 0 Å². The van der Waals surface area contributed by atoms with Gasteiger partial charge in [0, 0.05) is 38.6 Å². The zero-order valence-electron chi connectivity index (χ0n) is 16.3. The second kappa shape index (κ2) is 9.04. The Kier molecular flexibility index (Phi) is 6.04. The van der Waals surface area contributed by atoms with Crippen LogP contribution in [-0.4, -0.2) is 67.5 Å². The molecule has 1 aromatic carbocycles. The minimum atomic E-state index is 0.126. The number of thioether (sulfide) groups is 1. The average Bonchev–Trinajstić information content (AvgIpc) is 3.13. The van der Waals surface area contributed by atoms with E-state index in [1.807, 2.05) is 30.0 Å². The lowest BCUT2D eigenvalue weighted by molar-refractivity contribution is -0.128. The van der Waals surface area contributed by atoms with Crippen LogP contribution in [0.2, 0.25) is 0 Å². The monoisotopic (exact) mass is 409 g/mol. The van der Waals surface area contributed by atoms with Crippen LogP contribution in [0.4, 0.5) is 5.82 Å². The van der Waals surface area contributed by atoms with Crippen molar-refractivity contribution in [2.75, 3.05) is 36.8 Å². The van der Waals surface area contributed by atoms with Gasteiger partial charge in [-0.05, 0) is 12.5 Å². The molecule has 8 nitrogen and oxygen atoms in total. The van der Waals surface area contributed by atoms with Gasteiger partial charge in [-0.25, -0.2) is 4.98 Å². The van der Waals surface area contributed by atoms with Crippen molar-refractivity contribution in [2.45, 2.75) is 18.6 Å². The van der Waals surface area contributed by atoms with E-state index in [2.05, 4.69) is 41.8 Å². The summed E-state index contributed by atoms with van der Waals surface area (Å²) in [7, 11) is 0. The average molecular weight is 410 g/mol. The third-order valence-electron chi connectivity index (χ3n) is 4.92. The molecule has 0 unspecified atom stereocenters. The molecule has 3 heterocycles. The summed E-state index contributed by atoms with van der Waals surface area (Å²) in [5, 5.41) is 9.23. The van der Waals surface area contributed by atoms with Crippen LogP contribution in [-0.2, 0) is 11.3 Å². The van der Waals surface area contributed by atoms with Crippen LogP contribution in [0.25, 0.3) is 0 Å². The third kappa shape index (κ3) is 4.73.